The number of aliphatic carboxylic acids is 1. The largest absolute Gasteiger partial charge is 0.480 e. The second-order valence-electron chi connectivity index (χ2n) is 3.41. The normalized spacial score (nSPS) is 13.1. The molecule has 0 saturated carbocycles. The van der Waals surface area contributed by atoms with Crippen molar-refractivity contribution in [2.24, 2.45) is 0 Å². The number of thiophene rings is 1. The van der Waals surface area contributed by atoms with Crippen LogP contribution < -0.4 is 0 Å². The Hall–Kier alpha value is -0.580. The van der Waals surface area contributed by atoms with E-state index in [0.29, 0.717) is 18.0 Å². The summed E-state index contributed by atoms with van der Waals surface area (Å²) in [7, 11) is 1.82. The predicted molar refractivity (Wildman–Crippen MR) is 62.5 cm³/mol. The van der Waals surface area contributed by atoms with E-state index >= 15 is 0 Å². The molecule has 1 unspecified atom stereocenters. The van der Waals surface area contributed by atoms with Gasteiger partial charge in [-0.2, -0.15) is 0 Å². The average Bonchev–Trinajstić information content (AvgIpc) is 2.51. The molecule has 0 saturated heterocycles. The minimum atomic E-state index is -0.775. The van der Waals surface area contributed by atoms with Gasteiger partial charge in [-0.25, -0.2) is 0 Å². The molecule has 84 valence electrons. The molecular formula is C10H14ClNO2S. The topological polar surface area (TPSA) is 40.5 Å². The number of likely N-dealkylation sites (N-methyl/N-ethyl adjacent to an activating group) is 1. The summed E-state index contributed by atoms with van der Waals surface area (Å²) >= 11 is 7.35. The van der Waals surface area contributed by atoms with Gasteiger partial charge in [0.1, 0.15) is 6.04 Å². The van der Waals surface area contributed by atoms with Gasteiger partial charge >= 0.3 is 5.97 Å². The molecule has 0 amide bonds. The lowest BCUT2D eigenvalue weighted by Crippen LogP contribution is -2.37. The van der Waals surface area contributed by atoms with E-state index < -0.39 is 12.0 Å². The summed E-state index contributed by atoms with van der Waals surface area (Å²) in [6, 6.07) is 1.45. The minimum absolute atomic E-state index is 0.425. The van der Waals surface area contributed by atoms with Gasteiger partial charge in [0.05, 0.1) is 5.02 Å². The third-order valence-corrected chi connectivity index (χ3v) is 3.50. The number of hydrogen-bond acceptors (Lipinski definition) is 3. The zero-order valence-corrected chi connectivity index (χ0v) is 10.3. The van der Waals surface area contributed by atoms with Gasteiger partial charge in [0.2, 0.25) is 0 Å². The summed E-state index contributed by atoms with van der Waals surface area (Å²) in [5.74, 6) is -0.775. The van der Waals surface area contributed by atoms with E-state index in [9.17, 15) is 4.79 Å². The Kier molecular flexibility index (Phi) is 4.57. The number of carboxylic acid groups (broad SMARTS) is 1. The quantitative estimate of drug-likeness (QED) is 0.870. The van der Waals surface area contributed by atoms with Crippen molar-refractivity contribution in [3.63, 3.8) is 0 Å². The van der Waals surface area contributed by atoms with E-state index in [4.69, 9.17) is 16.7 Å². The number of halogens is 1. The van der Waals surface area contributed by atoms with Crippen LogP contribution in [-0.4, -0.2) is 29.1 Å². The fraction of sp³-hybridized carbons (Fsp3) is 0.500. The fourth-order valence-corrected chi connectivity index (χ4v) is 2.60. The molecule has 1 atom stereocenters. The first-order chi connectivity index (χ1) is 7.04. The van der Waals surface area contributed by atoms with E-state index in [-0.39, 0.29) is 0 Å². The van der Waals surface area contributed by atoms with Gasteiger partial charge in [-0.3, -0.25) is 9.69 Å². The first kappa shape index (κ1) is 12.5. The molecule has 1 heterocycles. The number of hydrogen-bond donors (Lipinski definition) is 1. The minimum Gasteiger partial charge on any atom is -0.480 e. The first-order valence-electron chi connectivity index (χ1n) is 4.70. The molecule has 0 bridgehead atoms. The molecule has 3 nitrogen and oxygen atoms in total. The number of rotatable bonds is 5. The van der Waals surface area contributed by atoms with Crippen LogP contribution in [-0.2, 0) is 11.3 Å². The third-order valence-electron chi connectivity index (χ3n) is 2.23. The van der Waals surface area contributed by atoms with E-state index in [2.05, 4.69) is 0 Å². The van der Waals surface area contributed by atoms with Crippen LogP contribution in [0.5, 0.6) is 0 Å². The van der Waals surface area contributed by atoms with Gasteiger partial charge in [0, 0.05) is 16.8 Å². The summed E-state index contributed by atoms with van der Waals surface area (Å²) in [4.78, 5) is 13.8. The number of carboxylic acids is 1. The van der Waals surface area contributed by atoms with Crippen LogP contribution >= 0.6 is 22.9 Å². The smallest absolute Gasteiger partial charge is 0.320 e. The van der Waals surface area contributed by atoms with Crippen LogP contribution in [0.15, 0.2) is 11.4 Å². The Balaban J connectivity index is 2.61. The van der Waals surface area contributed by atoms with Gasteiger partial charge in [-0.1, -0.05) is 18.5 Å². The molecule has 0 spiro atoms. The van der Waals surface area contributed by atoms with Crippen LogP contribution in [0.1, 0.15) is 18.2 Å². The molecule has 1 aromatic rings. The predicted octanol–water partition coefficient (Wildman–Crippen LogP) is 2.70. The van der Waals surface area contributed by atoms with Crippen molar-refractivity contribution in [1.82, 2.24) is 4.90 Å². The Bertz CT molecular complexity index is 340. The molecule has 0 fully saturated rings. The standard InChI is InChI=1S/C10H14ClNO2S/c1-3-9(10(13)14)12(2)5-8-4-7(11)6-15-8/h4,6,9H,3,5H2,1-2H3,(H,13,14). The summed E-state index contributed by atoms with van der Waals surface area (Å²) in [6.07, 6.45) is 0.602. The van der Waals surface area contributed by atoms with Crippen LogP contribution in [0.25, 0.3) is 0 Å². The molecule has 0 aliphatic carbocycles. The van der Waals surface area contributed by atoms with Gasteiger partial charge in [-0.15, -0.1) is 11.3 Å². The highest BCUT2D eigenvalue weighted by Crippen LogP contribution is 2.21. The van der Waals surface area contributed by atoms with Crippen molar-refractivity contribution < 1.29 is 9.90 Å². The molecule has 0 radical (unpaired) electrons. The van der Waals surface area contributed by atoms with Crippen molar-refractivity contribution in [3.8, 4) is 0 Å². The van der Waals surface area contributed by atoms with Gasteiger partial charge in [-0.05, 0) is 19.5 Å². The van der Waals surface area contributed by atoms with Crippen molar-refractivity contribution in [2.45, 2.75) is 25.9 Å². The SMILES string of the molecule is CCC(C(=O)O)N(C)Cc1cc(Cl)cs1. The first-order valence-corrected chi connectivity index (χ1v) is 5.96. The molecule has 1 rings (SSSR count). The number of carbonyl (C=O) groups is 1. The van der Waals surface area contributed by atoms with Gasteiger partial charge < -0.3 is 5.11 Å². The summed E-state index contributed by atoms with van der Waals surface area (Å²) < 4.78 is 0. The Morgan fingerprint density at radius 3 is 2.80 bits per heavy atom. The second-order valence-corrected chi connectivity index (χ2v) is 4.84. The van der Waals surface area contributed by atoms with Crippen LogP contribution in [0.4, 0.5) is 0 Å². The van der Waals surface area contributed by atoms with Crippen LogP contribution in [0.2, 0.25) is 5.02 Å². The lowest BCUT2D eigenvalue weighted by Gasteiger charge is -2.22. The average molecular weight is 248 g/mol. The molecule has 5 heteroatoms. The highest BCUT2D eigenvalue weighted by Gasteiger charge is 2.20. The maximum Gasteiger partial charge on any atom is 0.320 e. The maximum absolute atomic E-state index is 10.9. The zero-order valence-electron chi connectivity index (χ0n) is 8.74. The lowest BCUT2D eigenvalue weighted by atomic mass is 10.2. The monoisotopic (exact) mass is 247 g/mol. The number of nitrogens with zero attached hydrogens (tertiary/aromatic N) is 1. The molecular weight excluding hydrogens is 234 g/mol. The van der Waals surface area contributed by atoms with Gasteiger partial charge in [0.15, 0.2) is 0 Å². The van der Waals surface area contributed by atoms with Crippen molar-refractivity contribution in [1.29, 1.82) is 0 Å². The molecule has 0 aliphatic rings. The van der Waals surface area contributed by atoms with Crippen molar-refractivity contribution >= 4 is 28.9 Å². The molecule has 15 heavy (non-hydrogen) atoms. The van der Waals surface area contributed by atoms with E-state index in [1.165, 1.54) is 0 Å². The van der Waals surface area contributed by atoms with E-state index in [1.807, 2.05) is 30.3 Å². The lowest BCUT2D eigenvalue weighted by molar-refractivity contribution is -0.143. The summed E-state index contributed by atoms with van der Waals surface area (Å²) in [5.41, 5.74) is 0. The highest BCUT2D eigenvalue weighted by atomic mass is 35.5. The zero-order chi connectivity index (χ0) is 11.4. The Morgan fingerprint density at radius 1 is 1.73 bits per heavy atom. The van der Waals surface area contributed by atoms with Gasteiger partial charge in [0.25, 0.3) is 0 Å². The van der Waals surface area contributed by atoms with E-state index in [1.54, 1.807) is 11.3 Å². The second kappa shape index (κ2) is 5.49. The summed E-state index contributed by atoms with van der Waals surface area (Å²) in [5, 5.41) is 11.5. The maximum atomic E-state index is 10.9. The Morgan fingerprint density at radius 2 is 2.40 bits per heavy atom. The molecule has 1 N–H and O–H groups in total. The fourth-order valence-electron chi connectivity index (χ4n) is 1.47. The molecule has 0 aliphatic heterocycles. The molecule has 0 aromatic carbocycles. The molecule has 1 aromatic heterocycles. The van der Waals surface area contributed by atoms with E-state index in [0.717, 1.165) is 4.88 Å². The van der Waals surface area contributed by atoms with Crippen LogP contribution in [0, 0.1) is 0 Å². The Labute approximate surface area is 98.3 Å². The summed E-state index contributed by atoms with van der Waals surface area (Å²) in [6.45, 7) is 2.50. The van der Waals surface area contributed by atoms with Crippen LogP contribution in [0.3, 0.4) is 0 Å². The highest BCUT2D eigenvalue weighted by molar-refractivity contribution is 7.10. The van der Waals surface area contributed by atoms with Crippen molar-refractivity contribution in [3.05, 3.63) is 21.3 Å². The van der Waals surface area contributed by atoms with Crippen molar-refractivity contribution in [2.75, 3.05) is 7.05 Å². The third kappa shape index (κ3) is 3.48.